The number of nitrogens with zero attached hydrogens (tertiary/aromatic N) is 1. The number of benzene rings is 2. The normalized spacial score (nSPS) is 16.7. The van der Waals surface area contributed by atoms with Crippen LogP contribution in [-0.4, -0.2) is 36.4 Å². The van der Waals surface area contributed by atoms with Gasteiger partial charge < -0.3 is 15.0 Å². The van der Waals surface area contributed by atoms with Crippen LogP contribution in [0, 0.1) is 12.8 Å². The molecule has 1 N–H and O–H groups in total. The number of halogens is 2. The van der Waals surface area contributed by atoms with E-state index in [1.165, 1.54) is 24.3 Å². The highest BCUT2D eigenvalue weighted by molar-refractivity contribution is 5.96. The second kappa shape index (κ2) is 8.82. The summed E-state index contributed by atoms with van der Waals surface area (Å²) in [4.78, 5) is 27.0. The number of piperidine rings is 1. The molecule has 2 amide bonds. The summed E-state index contributed by atoms with van der Waals surface area (Å²) < 4.78 is 28.7. The van der Waals surface area contributed by atoms with Crippen LogP contribution in [0.15, 0.2) is 48.5 Å². The van der Waals surface area contributed by atoms with Gasteiger partial charge in [0.25, 0.3) is 5.91 Å². The second-order valence-electron chi connectivity index (χ2n) is 6.85. The van der Waals surface area contributed by atoms with Crippen LogP contribution in [0.3, 0.4) is 0 Å². The molecule has 1 saturated heterocycles. The van der Waals surface area contributed by atoms with Gasteiger partial charge >= 0.3 is 6.61 Å². The van der Waals surface area contributed by atoms with Crippen LogP contribution < -0.4 is 10.1 Å². The predicted molar refractivity (Wildman–Crippen MR) is 102 cm³/mol. The molecular weight excluding hydrogens is 366 g/mol. The van der Waals surface area contributed by atoms with E-state index in [1.54, 1.807) is 17.0 Å². The van der Waals surface area contributed by atoms with Crippen molar-refractivity contribution in [2.24, 2.45) is 5.92 Å². The molecule has 5 nitrogen and oxygen atoms in total. The first-order chi connectivity index (χ1) is 13.4. The number of alkyl halides is 2. The number of ether oxygens (including phenoxy) is 1. The lowest BCUT2D eigenvalue weighted by molar-refractivity contribution is -0.121. The zero-order valence-corrected chi connectivity index (χ0v) is 15.5. The standard InChI is InChI=1S/C21H22F2N2O3/c1-14-4-6-15(7-5-14)20(27)25-12-2-3-16(13-25)19(26)24-17-8-10-18(11-9-17)28-21(22)23/h4-11,16,21H,2-3,12-13H2,1H3,(H,24,26). The molecule has 0 spiro atoms. The van der Waals surface area contributed by atoms with Crippen LogP contribution in [0.5, 0.6) is 5.75 Å². The predicted octanol–water partition coefficient (Wildman–Crippen LogP) is 4.09. The molecule has 0 aliphatic carbocycles. The Labute approximate surface area is 162 Å². The van der Waals surface area contributed by atoms with Gasteiger partial charge in [-0.2, -0.15) is 8.78 Å². The Balaban J connectivity index is 1.59. The summed E-state index contributed by atoms with van der Waals surface area (Å²) in [5, 5.41) is 2.78. The Bertz CT molecular complexity index is 823. The van der Waals surface area contributed by atoms with Gasteiger partial charge in [-0.1, -0.05) is 17.7 Å². The first-order valence-electron chi connectivity index (χ1n) is 9.14. The number of hydrogen-bond acceptors (Lipinski definition) is 3. The number of anilines is 1. The maximum Gasteiger partial charge on any atom is 0.387 e. The Kier molecular flexibility index (Phi) is 6.23. The molecule has 7 heteroatoms. The average molecular weight is 388 g/mol. The number of rotatable bonds is 5. The minimum Gasteiger partial charge on any atom is -0.435 e. The maximum atomic E-state index is 12.7. The van der Waals surface area contributed by atoms with E-state index in [9.17, 15) is 18.4 Å². The van der Waals surface area contributed by atoms with E-state index < -0.39 is 6.61 Å². The number of likely N-dealkylation sites (tertiary alicyclic amines) is 1. The minimum atomic E-state index is -2.89. The molecular formula is C21H22F2N2O3. The summed E-state index contributed by atoms with van der Waals surface area (Å²) in [6.45, 7) is 0.0443. The van der Waals surface area contributed by atoms with E-state index in [1.807, 2.05) is 19.1 Å². The first kappa shape index (κ1) is 19.8. The molecule has 28 heavy (non-hydrogen) atoms. The molecule has 0 bridgehead atoms. The Morgan fingerprint density at radius 2 is 1.79 bits per heavy atom. The fourth-order valence-electron chi connectivity index (χ4n) is 3.22. The van der Waals surface area contributed by atoms with Gasteiger partial charge in [0, 0.05) is 24.3 Å². The Morgan fingerprint density at radius 1 is 1.11 bits per heavy atom. The summed E-state index contributed by atoms with van der Waals surface area (Å²) in [6, 6.07) is 13.1. The van der Waals surface area contributed by atoms with Crippen molar-refractivity contribution in [3.8, 4) is 5.75 Å². The van der Waals surface area contributed by atoms with Crippen molar-refractivity contribution in [2.75, 3.05) is 18.4 Å². The van der Waals surface area contributed by atoms with Gasteiger partial charge in [-0.25, -0.2) is 0 Å². The maximum absolute atomic E-state index is 12.7. The molecule has 0 aromatic heterocycles. The molecule has 1 fully saturated rings. The zero-order chi connectivity index (χ0) is 20.1. The fraction of sp³-hybridized carbons (Fsp3) is 0.333. The lowest BCUT2D eigenvalue weighted by Gasteiger charge is -2.32. The number of carbonyl (C=O) groups is 2. The van der Waals surface area contributed by atoms with Crippen molar-refractivity contribution in [1.29, 1.82) is 0 Å². The number of carbonyl (C=O) groups excluding carboxylic acids is 2. The highest BCUT2D eigenvalue weighted by atomic mass is 19.3. The highest BCUT2D eigenvalue weighted by Gasteiger charge is 2.29. The summed E-state index contributed by atoms with van der Waals surface area (Å²) in [5.74, 6) is -0.560. The lowest BCUT2D eigenvalue weighted by Crippen LogP contribution is -2.43. The fourth-order valence-corrected chi connectivity index (χ4v) is 3.22. The Morgan fingerprint density at radius 3 is 2.43 bits per heavy atom. The molecule has 1 aliphatic heterocycles. The van der Waals surface area contributed by atoms with Crippen LogP contribution in [0.25, 0.3) is 0 Å². The molecule has 1 unspecified atom stereocenters. The van der Waals surface area contributed by atoms with Crippen molar-refractivity contribution in [1.82, 2.24) is 4.90 Å². The van der Waals surface area contributed by atoms with Gasteiger partial charge in [0.15, 0.2) is 0 Å². The van der Waals surface area contributed by atoms with Gasteiger partial charge in [-0.15, -0.1) is 0 Å². The average Bonchev–Trinajstić information content (AvgIpc) is 2.69. The molecule has 1 aliphatic rings. The molecule has 0 radical (unpaired) electrons. The number of amides is 2. The van der Waals surface area contributed by atoms with Gasteiger partial charge in [-0.3, -0.25) is 9.59 Å². The third-order valence-electron chi connectivity index (χ3n) is 4.72. The quantitative estimate of drug-likeness (QED) is 0.839. The third kappa shape index (κ3) is 5.06. The van der Waals surface area contributed by atoms with E-state index in [0.29, 0.717) is 30.8 Å². The molecule has 1 heterocycles. The van der Waals surface area contributed by atoms with E-state index >= 15 is 0 Å². The molecule has 0 saturated carbocycles. The van der Waals surface area contributed by atoms with Crippen molar-refractivity contribution in [3.63, 3.8) is 0 Å². The summed E-state index contributed by atoms with van der Waals surface area (Å²) in [6.07, 6.45) is 1.44. The Hall–Kier alpha value is -2.96. The van der Waals surface area contributed by atoms with Gasteiger partial charge in [0.2, 0.25) is 5.91 Å². The highest BCUT2D eigenvalue weighted by Crippen LogP contribution is 2.22. The first-order valence-corrected chi connectivity index (χ1v) is 9.14. The molecule has 1 atom stereocenters. The summed E-state index contributed by atoms with van der Waals surface area (Å²) >= 11 is 0. The van der Waals surface area contributed by atoms with Crippen LogP contribution in [0.2, 0.25) is 0 Å². The van der Waals surface area contributed by atoms with Crippen LogP contribution in [-0.2, 0) is 4.79 Å². The van der Waals surface area contributed by atoms with Crippen molar-refractivity contribution < 1.29 is 23.1 Å². The van der Waals surface area contributed by atoms with E-state index in [2.05, 4.69) is 10.1 Å². The monoisotopic (exact) mass is 388 g/mol. The van der Waals surface area contributed by atoms with Crippen molar-refractivity contribution in [2.45, 2.75) is 26.4 Å². The van der Waals surface area contributed by atoms with E-state index in [0.717, 1.165) is 12.0 Å². The van der Waals surface area contributed by atoms with Crippen LogP contribution in [0.1, 0.15) is 28.8 Å². The van der Waals surface area contributed by atoms with Crippen molar-refractivity contribution >= 4 is 17.5 Å². The largest absolute Gasteiger partial charge is 0.435 e. The number of aryl methyl sites for hydroxylation is 1. The van der Waals surface area contributed by atoms with E-state index in [4.69, 9.17) is 0 Å². The lowest BCUT2D eigenvalue weighted by atomic mass is 9.96. The van der Waals surface area contributed by atoms with Crippen LogP contribution >= 0.6 is 0 Å². The molecule has 2 aromatic carbocycles. The number of nitrogens with one attached hydrogen (secondary N) is 1. The number of hydrogen-bond donors (Lipinski definition) is 1. The molecule has 148 valence electrons. The van der Waals surface area contributed by atoms with Crippen LogP contribution in [0.4, 0.5) is 14.5 Å². The van der Waals surface area contributed by atoms with E-state index in [-0.39, 0.29) is 23.5 Å². The van der Waals surface area contributed by atoms with Crippen molar-refractivity contribution in [3.05, 3.63) is 59.7 Å². The minimum absolute atomic E-state index is 0.0283. The van der Waals surface area contributed by atoms with Gasteiger partial charge in [0.05, 0.1) is 5.92 Å². The summed E-state index contributed by atoms with van der Waals surface area (Å²) in [5.41, 5.74) is 2.19. The second-order valence-corrected chi connectivity index (χ2v) is 6.85. The topological polar surface area (TPSA) is 58.6 Å². The molecule has 3 rings (SSSR count). The van der Waals surface area contributed by atoms with Gasteiger partial charge in [-0.05, 0) is 56.2 Å². The smallest absolute Gasteiger partial charge is 0.387 e. The summed E-state index contributed by atoms with van der Waals surface area (Å²) in [7, 11) is 0. The zero-order valence-electron chi connectivity index (χ0n) is 15.5. The van der Waals surface area contributed by atoms with Gasteiger partial charge in [0.1, 0.15) is 5.75 Å². The SMILES string of the molecule is Cc1ccc(C(=O)N2CCCC(C(=O)Nc3ccc(OC(F)F)cc3)C2)cc1. The third-order valence-corrected chi connectivity index (χ3v) is 4.72. The molecule has 2 aromatic rings.